The summed E-state index contributed by atoms with van der Waals surface area (Å²) in [5, 5.41) is 20.9. The highest BCUT2D eigenvalue weighted by molar-refractivity contribution is 7.66. The molecule has 3 aromatic rings. The first kappa shape index (κ1) is 32.3. The van der Waals surface area contributed by atoms with E-state index in [1.807, 2.05) is 30.3 Å². The Morgan fingerprint density at radius 2 is 1.55 bits per heavy atom. The van der Waals surface area contributed by atoms with E-state index in [0.29, 0.717) is 11.4 Å². The number of hydrogen-bond donors (Lipinski definition) is 6. The van der Waals surface area contributed by atoms with Crippen LogP contribution < -0.4 is 11.2 Å². The average Bonchev–Trinajstić information content (AvgIpc) is 3.17. The zero-order valence-electron chi connectivity index (χ0n) is 21.0. The van der Waals surface area contributed by atoms with Crippen LogP contribution in [0.1, 0.15) is 11.9 Å². The van der Waals surface area contributed by atoms with Crippen LogP contribution >= 0.6 is 23.5 Å². The first-order chi connectivity index (χ1) is 19.6. The second kappa shape index (κ2) is 12.5. The maximum absolute atomic E-state index is 13.2. The highest BCUT2D eigenvalue weighted by Gasteiger charge is 2.47. The quantitative estimate of drug-likeness (QED) is 0.150. The Bertz CT molecular complexity index is 1690. The second-order valence-electron chi connectivity index (χ2n) is 8.74. The van der Waals surface area contributed by atoms with Crippen molar-refractivity contribution in [3.8, 4) is 11.3 Å². The summed E-state index contributed by atoms with van der Waals surface area (Å²) in [6.45, 7) is -1.34. The topological polar surface area (TPSA) is 266 Å². The molecule has 0 spiro atoms. The monoisotopic (exact) mass is 651 g/mol. The van der Waals surface area contributed by atoms with Crippen LogP contribution in [0.3, 0.4) is 0 Å². The van der Waals surface area contributed by atoms with Crippen LogP contribution in [-0.2, 0) is 38.1 Å². The molecule has 1 aromatic carbocycles. The molecular formula is C21H24N3O15P3. The number of hydrogen-bond acceptors (Lipinski definition) is 12. The first-order valence-corrected chi connectivity index (χ1v) is 16.2. The van der Waals surface area contributed by atoms with Crippen LogP contribution in [0.2, 0.25) is 0 Å². The molecule has 42 heavy (non-hydrogen) atoms. The van der Waals surface area contributed by atoms with Crippen molar-refractivity contribution in [2.75, 3.05) is 6.61 Å². The molecule has 2 aromatic heterocycles. The van der Waals surface area contributed by atoms with Crippen LogP contribution in [0, 0.1) is 0 Å². The Hall–Kier alpha value is -2.66. The van der Waals surface area contributed by atoms with Crippen molar-refractivity contribution in [2.45, 2.75) is 31.1 Å². The summed E-state index contributed by atoms with van der Waals surface area (Å²) in [6.07, 6.45) is -5.94. The largest absolute Gasteiger partial charge is 0.490 e. The number of rotatable bonds is 11. The third kappa shape index (κ3) is 8.03. The predicted octanol–water partition coefficient (Wildman–Crippen LogP) is 0.0828. The summed E-state index contributed by atoms with van der Waals surface area (Å²) in [4.78, 5) is 66.3. The molecule has 0 saturated carbocycles. The van der Waals surface area contributed by atoms with Crippen LogP contribution in [0.4, 0.5) is 0 Å². The van der Waals surface area contributed by atoms with E-state index in [2.05, 4.69) is 18.1 Å². The fraction of sp³-hybridized carbons (Fsp3) is 0.286. The normalized spacial score (nSPS) is 23.8. The smallest absolute Gasteiger partial charge is 0.387 e. The van der Waals surface area contributed by atoms with E-state index in [-0.39, 0.29) is 6.54 Å². The number of phosphoric ester groups is 1. The van der Waals surface area contributed by atoms with Gasteiger partial charge < -0.3 is 34.5 Å². The van der Waals surface area contributed by atoms with Gasteiger partial charge in [0.2, 0.25) is 0 Å². The molecular weight excluding hydrogens is 627 g/mol. The van der Waals surface area contributed by atoms with Gasteiger partial charge in [0.15, 0.2) is 6.23 Å². The zero-order chi connectivity index (χ0) is 30.9. The van der Waals surface area contributed by atoms with Crippen molar-refractivity contribution >= 4 is 23.5 Å². The third-order valence-corrected chi connectivity index (χ3v) is 9.52. The lowest BCUT2D eigenvalue weighted by Gasteiger charge is -2.19. The molecule has 4 rings (SSSR count). The SMILES string of the molecule is O=c1ccn([C@@H]2O[C@H](COP(=O)(O)OP(=O)(O)OP(=O)(O)O)C(O)[C@@H]2O)c(=O)n1Cc1cccc(-c2ccccc2)n1. The van der Waals surface area contributed by atoms with E-state index in [1.165, 1.54) is 0 Å². The highest BCUT2D eigenvalue weighted by Crippen LogP contribution is 2.66. The fourth-order valence-corrected chi connectivity index (χ4v) is 6.97. The number of ether oxygens (including phenoxy) is 1. The number of pyridine rings is 1. The van der Waals surface area contributed by atoms with Crippen molar-refractivity contribution < 1.29 is 61.4 Å². The molecule has 3 unspecified atom stereocenters. The van der Waals surface area contributed by atoms with Crippen molar-refractivity contribution in [1.82, 2.24) is 14.1 Å². The molecule has 1 saturated heterocycles. The van der Waals surface area contributed by atoms with Gasteiger partial charge in [-0.15, -0.1) is 0 Å². The number of aromatic nitrogens is 3. The fourth-order valence-electron chi connectivity index (χ4n) is 3.94. The molecule has 0 radical (unpaired) electrons. The Kier molecular flexibility index (Phi) is 9.62. The highest BCUT2D eigenvalue weighted by atomic mass is 31.3. The molecule has 1 aliphatic heterocycles. The molecule has 21 heteroatoms. The minimum Gasteiger partial charge on any atom is -0.387 e. The minimum atomic E-state index is -5.79. The molecule has 0 aliphatic carbocycles. The molecule has 228 valence electrons. The van der Waals surface area contributed by atoms with Crippen LogP contribution in [0.15, 0.2) is 70.4 Å². The van der Waals surface area contributed by atoms with E-state index >= 15 is 0 Å². The standard InChI is InChI=1S/C21H24N3O15P3/c25-17-9-10-23(21(28)24(17)11-14-7-4-8-15(22-14)13-5-2-1-3-6-13)20-19(27)18(26)16(37-20)12-36-41(32,33)39-42(34,35)38-40(29,30)31/h1-10,16,18-20,26-27H,11-12H2,(H,32,33)(H,34,35)(H2,29,30,31)/t16-,18?,19+,20-/m1/s1. The maximum Gasteiger partial charge on any atom is 0.490 e. The molecule has 6 atom stereocenters. The van der Waals surface area contributed by atoms with Crippen molar-refractivity contribution in [2.24, 2.45) is 0 Å². The van der Waals surface area contributed by atoms with Crippen molar-refractivity contribution in [1.29, 1.82) is 0 Å². The minimum absolute atomic E-state index is 0.264. The number of aliphatic hydroxyl groups excluding tert-OH is 2. The van der Waals surface area contributed by atoms with Crippen molar-refractivity contribution in [3.63, 3.8) is 0 Å². The molecule has 1 aliphatic rings. The van der Waals surface area contributed by atoms with Gasteiger partial charge >= 0.3 is 29.2 Å². The lowest BCUT2D eigenvalue weighted by atomic mass is 10.1. The van der Waals surface area contributed by atoms with E-state index in [1.54, 1.807) is 18.2 Å². The summed E-state index contributed by atoms with van der Waals surface area (Å²) in [5.41, 5.74) is 0.0828. The third-order valence-electron chi connectivity index (χ3n) is 5.72. The van der Waals surface area contributed by atoms with Gasteiger partial charge in [0, 0.05) is 17.8 Å². The van der Waals surface area contributed by atoms with Crippen LogP contribution in [0.5, 0.6) is 0 Å². The molecule has 1 fully saturated rings. The van der Waals surface area contributed by atoms with E-state index < -0.39 is 65.9 Å². The summed E-state index contributed by atoms with van der Waals surface area (Å²) in [6, 6.07) is 15.2. The van der Waals surface area contributed by atoms with Gasteiger partial charge in [0.05, 0.1) is 24.5 Å². The van der Waals surface area contributed by atoms with Gasteiger partial charge in [-0.3, -0.25) is 23.4 Å². The second-order valence-corrected chi connectivity index (χ2v) is 13.2. The lowest BCUT2D eigenvalue weighted by Crippen LogP contribution is -2.43. The number of nitrogens with zero attached hydrogens (tertiary/aromatic N) is 3. The average molecular weight is 651 g/mol. The maximum atomic E-state index is 13.2. The number of phosphoric acid groups is 3. The number of benzene rings is 1. The summed E-state index contributed by atoms with van der Waals surface area (Å²) in [5.74, 6) is 0. The van der Waals surface area contributed by atoms with Gasteiger partial charge in [-0.05, 0) is 12.1 Å². The molecule has 3 heterocycles. The van der Waals surface area contributed by atoms with Gasteiger partial charge in [-0.1, -0.05) is 36.4 Å². The Balaban J connectivity index is 1.50. The van der Waals surface area contributed by atoms with Crippen molar-refractivity contribution in [3.05, 3.63) is 87.3 Å². The molecule has 18 nitrogen and oxygen atoms in total. The first-order valence-electron chi connectivity index (χ1n) is 11.7. The Morgan fingerprint density at radius 3 is 2.21 bits per heavy atom. The summed E-state index contributed by atoms with van der Waals surface area (Å²) >= 11 is 0. The van der Waals surface area contributed by atoms with Gasteiger partial charge in [-0.2, -0.15) is 8.62 Å². The Morgan fingerprint density at radius 1 is 0.857 bits per heavy atom. The predicted molar refractivity (Wildman–Crippen MR) is 139 cm³/mol. The lowest BCUT2D eigenvalue weighted by molar-refractivity contribution is -0.0547. The Labute approximate surface area is 235 Å². The van der Waals surface area contributed by atoms with E-state index in [4.69, 9.17) is 14.5 Å². The molecule has 6 N–H and O–H groups in total. The number of aliphatic hydroxyl groups is 2. The van der Waals surface area contributed by atoms with Crippen LogP contribution in [-0.4, -0.2) is 68.8 Å². The van der Waals surface area contributed by atoms with Gasteiger partial charge in [0.25, 0.3) is 5.56 Å². The van der Waals surface area contributed by atoms with Gasteiger partial charge in [0.1, 0.15) is 18.3 Å². The summed E-state index contributed by atoms with van der Waals surface area (Å²) < 4.78 is 52.8. The van der Waals surface area contributed by atoms with Crippen LogP contribution in [0.25, 0.3) is 11.3 Å². The molecule has 0 bridgehead atoms. The zero-order valence-corrected chi connectivity index (χ0v) is 23.7. The molecule has 0 amide bonds. The van der Waals surface area contributed by atoms with E-state index in [9.17, 15) is 43.3 Å². The van der Waals surface area contributed by atoms with E-state index in [0.717, 1.165) is 27.0 Å². The summed E-state index contributed by atoms with van der Waals surface area (Å²) in [7, 11) is -17.0. The van der Waals surface area contributed by atoms with Gasteiger partial charge in [-0.25, -0.2) is 18.5 Å².